The smallest absolute Gasteiger partial charge is 0.353 e. The number of fused-ring (bicyclic) bond motifs is 1. The van der Waals surface area contributed by atoms with Crippen molar-refractivity contribution in [1.29, 1.82) is 0 Å². The van der Waals surface area contributed by atoms with Gasteiger partial charge in [-0.05, 0) is 6.92 Å². The van der Waals surface area contributed by atoms with Crippen LogP contribution >= 0.6 is 11.8 Å². The number of β-lactam (4-membered cyclic amide) rings is 1. The van der Waals surface area contributed by atoms with E-state index in [1.807, 2.05) is 0 Å². The molecule has 2 heterocycles. The average molecular weight is 215 g/mol. The molecular formula is C8H9NO4S. The van der Waals surface area contributed by atoms with Crippen LogP contribution in [0.1, 0.15) is 6.92 Å². The lowest BCUT2D eigenvalue weighted by Gasteiger charge is -2.40. The molecule has 0 aromatic heterocycles. The van der Waals surface area contributed by atoms with Gasteiger partial charge in [0.1, 0.15) is 11.1 Å². The van der Waals surface area contributed by atoms with Gasteiger partial charge in [-0.2, -0.15) is 0 Å². The molecule has 0 aromatic rings. The minimum absolute atomic E-state index is 0.0956. The van der Waals surface area contributed by atoms with Crippen molar-refractivity contribution in [3.63, 3.8) is 0 Å². The number of hydrogen-bond donors (Lipinski definition) is 1. The zero-order chi connectivity index (χ0) is 10.5. The third-order valence-corrected chi connectivity index (χ3v) is 3.57. The summed E-state index contributed by atoms with van der Waals surface area (Å²) in [5.74, 6) is -1.32. The van der Waals surface area contributed by atoms with E-state index in [0.717, 1.165) is 0 Å². The number of carbonyl (C=O) groups excluding carboxylic acids is 1. The molecule has 2 rings (SSSR count). The highest BCUT2D eigenvalue weighted by Crippen LogP contribution is 2.46. The van der Waals surface area contributed by atoms with Gasteiger partial charge in [0.05, 0.1) is 0 Å². The normalized spacial score (nSPS) is 30.4. The monoisotopic (exact) mass is 215 g/mol. The highest BCUT2D eigenvalue weighted by molar-refractivity contribution is 8.04. The number of carbonyl (C=O) groups is 2. The highest BCUT2D eigenvalue weighted by Gasteiger charge is 2.55. The summed E-state index contributed by atoms with van der Waals surface area (Å²) in [5.41, 5.74) is 0.0956. The Kier molecular flexibility index (Phi) is 2.04. The topological polar surface area (TPSA) is 66.8 Å². The third kappa shape index (κ3) is 1.01. The number of ether oxygens (including phenoxy) is 1. The largest absolute Gasteiger partial charge is 0.477 e. The summed E-state index contributed by atoms with van der Waals surface area (Å²) in [6.07, 6.45) is -0.494. The van der Waals surface area contributed by atoms with Crippen molar-refractivity contribution >= 4 is 23.6 Å². The fourth-order valence-electron chi connectivity index (χ4n) is 1.67. The van der Waals surface area contributed by atoms with Gasteiger partial charge in [-0.25, -0.2) is 4.79 Å². The number of amides is 1. The van der Waals surface area contributed by atoms with Gasteiger partial charge in [0.15, 0.2) is 6.10 Å². The minimum Gasteiger partial charge on any atom is -0.477 e. The van der Waals surface area contributed by atoms with Gasteiger partial charge >= 0.3 is 5.97 Å². The molecule has 1 fully saturated rings. The Labute approximate surface area is 84.7 Å². The standard InChI is InChI=1S/C8H9NO4S/c1-3-4(8(11)12)9-6(10)5(13-2)7(9)14-3/h5,7H,1-2H3,(H,11,12)/t5-,7+/m0/s1. The minimum atomic E-state index is -1.06. The number of rotatable bonds is 2. The summed E-state index contributed by atoms with van der Waals surface area (Å²) >= 11 is 1.37. The molecule has 1 amide bonds. The van der Waals surface area contributed by atoms with Gasteiger partial charge in [0.25, 0.3) is 5.91 Å². The van der Waals surface area contributed by atoms with Crippen LogP contribution in [0.2, 0.25) is 0 Å². The molecule has 0 radical (unpaired) electrons. The lowest BCUT2D eigenvalue weighted by Crippen LogP contribution is -2.61. The Morgan fingerprint density at radius 3 is 2.79 bits per heavy atom. The average Bonchev–Trinajstić information content (AvgIpc) is 2.40. The van der Waals surface area contributed by atoms with Crippen molar-refractivity contribution in [2.24, 2.45) is 0 Å². The fourth-order valence-corrected chi connectivity index (χ4v) is 2.99. The van der Waals surface area contributed by atoms with E-state index >= 15 is 0 Å². The summed E-state index contributed by atoms with van der Waals surface area (Å²) in [6.45, 7) is 1.70. The van der Waals surface area contributed by atoms with E-state index in [2.05, 4.69) is 0 Å². The van der Waals surface area contributed by atoms with Gasteiger partial charge < -0.3 is 9.84 Å². The molecule has 0 saturated carbocycles. The van der Waals surface area contributed by atoms with Gasteiger partial charge in [-0.3, -0.25) is 9.69 Å². The molecule has 76 valence electrons. The second-order valence-corrected chi connectivity index (χ2v) is 4.41. The molecule has 0 aromatic carbocycles. The zero-order valence-electron chi connectivity index (χ0n) is 7.68. The first-order valence-electron chi connectivity index (χ1n) is 4.04. The van der Waals surface area contributed by atoms with Crippen LogP contribution in [0.15, 0.2) is 10.6 Å². The zero-order valence-corrected chi connectivity index (χ0v) is 8.50. The maximum atomic E-state index is 11.4. The van der Waals surface area contributed by atoms with Crippen molar-refractivity contribution in [1.82, 2.24) is 4.90 Å². The van der Waals surface area contributed by atoms with E-state index in [9.17, 15) is 9.59 Å². The number of carboxylic acids is 1. The summed E-state index contributed by atoms with van der Waals surface area (Å²) in [6, 6.07) is 0. The van der Waals surface area contributed by atoms with E-state index < -0.39 is 12.1 Å². The maximum absolute atomic E-state index is 11.4. The molecular weight excluding hydrogens is 206 g/mol. The molecule has 1 saturated heterocycles. The molecule has 1 N–H and O–H groups in total. The van der Waals surface area contributed by atoms with Gasteiger partial charge in [-0.1, -0.05) is 11.8 Å². The van der Waals surface area contributed by atoms with Crippen LogP contribution in [0.5, 0.6) is 0 Å². The molecule has 5 nitrogen and oxygen atoms in total. The van der Waals surface area contributed by atoms with Crippen LogP contribution < -0.4 is 0 Å². The second kappa shape index (κ2) is 2.99. The summed E-state index contributed by atoms with van der Waals surface area (Å²) in [5, 5.41) is 8.69. The Morgan fingerprint density at radius 2 is 2.29 bits per heavy atom. The van der Waals surface area contributed by atoms with Gasteiger partial charge in [0, 0.05) is 12.0 Å². The molecule has 0 aliphatic carbocycles. The lowest BCUT2D eigenvalue weighted by atomic mass is 10.1. The molecule has 6 heteroatoms. The SMILES string of the molecule is CO[C@H]1C(=O)N2C(C(=O)O)=C(C)S[C@H]12. The van der Waals surface area contributed by atoms with Crippen LogP contribution in [0.25, 0.3) is 0 Å². The Hall–Kier alpha value is -1.01. The van der Waals surface area contributed by atoms with E-state index in [1.54, 1.807) is 6.92 Å². The Morgan fingerprint density at radius 1 is 1.64 bits per heavy atom. The van der Waals surface area contributed by atoms with Crippen LogP contribution in [0, 0.1) is 0 Å². The lowest BCUT2D eigenvalue weighted by molar-refractivity contribution is -0.161. The van der Waals surface area contributed by atoms with Crippen LogP contribution in [-0.2, 0) is 14.3 Å². The van der Waals surface area contributed by atoms with E-state index in [-0.39, 0.29) is 17.0 Å². The number of carboxylic acid groups (broad SMARTS) is 1. The fraction of sp³-hybridized carbons (Fsp3) is 0.500. The first-order valence-corrected chi connectivity index (χ1v) is 4.92. The van der Waals surface area contributed by atoms with Crippen LogP contribution in [-0.4, -0.2) is 40.5 Å². The van der Waals surface area contributed by atoms with E-state index in [0.29, 0.717) is 4.91 Å². The molecule has 2 aliphatic rings. The van der Waals surface area contributed by atoms with Crippen molar-refractivity contribution in [3.05, 3.63) is 10.6 Å². The van der Waals surface area contributed by atoms with E-state index in [4.69, 9.17) is 9.84 Å². The van der Waals surface area contributed by atoms with Crippen molar-refractivity contribution < 1.29 is 19.4 Å². The third-order valence-electron chi connectivity index (χ3n) is 2.32. The maximum Gasteiger partial charge on any atom is 0.353 e. The summed E-state index contributed by atoms with van der Waals surface area (Å²) in [7, 11) is 1.45. The molecule has 14 heavy (non-hydrogen) atoms. The second-order valence-electron chi connectivity index (χ2n) is 3.08. The van der Waals surface area contributed by atoms with Crippen molar-refractivity contribution in [3.8, 4) is 0 Å². The number of thioether (sulfide) groups is 1. The Bertz CT molecular complexity index is 351. The first-order chi connectivity index (χ1) is 6.57. The van der Waals surface area contributed by atoms with Crippen LogP contribution in [0.3, 0.4) is 0 Å². The number of hydrogen-bond acceptors (Lipinski definition) is 4. The first kappa shape index (κ1) is 9.54. The Balaban J connectivity index is 2.27. The van der Waals surface area contributed by atoms with Gasteiger partial charge in [-0.15, -0.1) is 0 Å². The predicted octanol–water partition coefficient (Wildman–Crippen LogP) is 0.233. The number of allylic oxidation sites excluding steroid dienone is 1. The molecule has 0 spiro atoms. The number of aliphatic carboxylic acids is 1. The molecule has 2 atom stereocenters. The van der Waals surface area contributed by atoms with Crippen molar-refractivity contribution in [2.45, 2.75) is 18.4 Å². The summed E-state index contributed by atoms with van der Waals surface area (Å²) < 4.78 is 4.96. The highest BCUT2D eigenvalue weighted by atomic mass is 32.2. The molecule has 0 bridgehead atoms. The number of methoxy groups -OCH3 is 1. The van der Waals surface area contributed by atoms with Crippen LogP contribution in [0.4, 0.5) is 0 Å². The van der Waals surface area contributed by atoms with E-state index in [1.165, 1.54) is 23.8 Å². The predicted molar refractivity (Wildman–Crippen MR) is 49.4 cm³/mol. The summed E-state index contributed by atoms with van der Waals surface area (Å²) in [4.78, 5) is 24.2. The quantitative estimate of drug-likeness (QED) is 0.668. The number of nitrogens with zero attached hydrogens (tertiary/aromatic N) is 1. The van der Waals surface area contributed by atoms with Crippen molar-refractivity contribution in [2.75, 3.05) is 7.11 Å². The molecule has 2 aliphatic heterocycles. The van der Waals surface area contributed by atoms with Gasteiger partial charge in [0.2, 0.25) is 0 Å². The molecule has 0 unspecified atom stereocenters.